The van der Waals surface area contributed by atoms with E-state index in [9.17, 15) is 26.3 Å². The number of alkyl halides is 6. The molecule has 0 bridgehead atoms. The first kappa shape index (κ1) is 20.7. The Bertz CT molecular complexity index is 115. The number of ether oxygens (including phenoxy) is 2. The summed E-state index contributed by atoms with van der Waals surface area (Å²) in [5.41, 5.74) is 0. The van der Waals surface area contributed by atoms with Crippen molar-refractivity contribution in [1.82, 2.24) is 0 Å². The van der Waals surface area contributed by atoms with Crippen LogP contribution >= 0.6 is 0 Å². The third kappa shape index (κ3) is 37.7. The first-order valence-electron chi connectivity index (χ1n) is 3.53. The van der Waals surface area contributed by atoms with Gasteiger partial charge < -0.3 is 4.74 Å². The van der Waals surface area contributed by atoms with Gasteiger partial charge in [0.05, 0.1) is 0 Å². The van der Waals surface area contributed by atoms with Crippen molar-refractivity contribution < 1.29 is 45.0 Å². The van der Waals surface area contributed by atoms with Crippen molar-refractivity contribution in [3.63, 3.8) is 0 Å². The molecular formula is C6H10F8O2. The topological polar surface area (TPSA) is 18.5 Å². The standard InChI is InChI=1S/C3H2F6O.C3H8O.F2/c4-2(5,6)1-10-3(7,8)9;1-3-4-2;1-2/h1H2;3H2,1-2H3;. The van der Waals surface area contributed by atoms with Crippen LogP contribution in [-0.2, 0) is 9.47 Å². The van der Waals surface area contributed by atoms with Gasteiger partial charge in [-0.1, -0.05) is 0 Å². The van der Waals surface area contributed by atoms with E-state index in [1.807, 2.05) is 6.92 Å². The fourth-order valence-corrected chi connectivity index (χ4v) is 0.164. The summed E-state index contributed by atoms with van der Waals surface area (Å²) < 4.78 is 88.5. The predicted octanol–water partition coefficient (Wildman–Crippen LogP) is 3.58. The van der Waals surface area contributed by atoms with Gasteiger partial charge in [-0.25, -0.2) is 0 Å². The van der Waals surface area contributed by atoms with E-state index >= 15 is 0 Å². The third-order valence-corrected chi connectivity index (χ3v) is 0.688. The second kappa shape index (κ2) is 10.9. The molecule has 0 radical (unpaired) electrons. The first-order chi connectivity index (χ1) is 7.12. The zero-order valence-corrected chi connectivity index (χ0v) is 8.25. The van der Waals surface area contributed by atoms with Crippen LogP contribution in [0.3, 0.4) is 0 Å². The average Bonchev–Trinajstić information content (AvgIpc) is 2.17. The van der Waals surface area contributed by atoms with E-state index in [0.29, 0.717) is 0 Å². The Kier molecular flexibility index (Phi) is 14.1. The van der Waals surface area contributed by atoms with Gasteiger partial charge in [-0.3, -0.25) is 4.74 Å². The summed E-state index contributed by atoms with van der Waals surface area (Å²) in [6.45, 7) is 0.483. The zero-order valence-electron chi connectivity index (χ0n) is 8.25. The number of hydrogen-bond acceptors (Lipinski definition) is 2. The van der Waals surface area contributed by atoms with Crippen LogP contribution in [0, 0.1) is 0 Å². The Balaban J connectivity index is -0.000000237. The molecule has 0 rings (SSSR count). The van der Waals surface area contributed by atoms with Gasteiger partial charge >= 0.3 is 12.5 Å². The Hall–Kier alpha value is -0.640. The average molecular weight is 266 g/mol. The lowest BCUT2D eigenvalue weighted by atomic mass is 10.7. The van der Waals surface area contributed by atoms with E-state index in [4.69, 9.17) is 9.15 Å². The molecule has 0 saturated carbocycles. The van der Waals surface area contributed by atoms with Gasteiger partial charge in [-0.05, 0) is 6.92 Å². The summed E-state index contributed by atoms with van der Waals surface area (Å²) in [7, 11) is 1.68. The van der Waals surface area contributed by atoms with Crippen molar-refractivity contribution >= 4 is 0 Å². The lowest BCUT2D eigenvalue weighted by molar-refractivity contribution is -0.352. The number of methoxy groups -OCH3 is 1. The van der Waals surface area contributed by atoms with Gasteiger partial charge in [-0.15, -0.1) is 13.2 Å². The molecule has 0 amide bonds. The summed E-state index contributed by atoms with van der Waals surface area (Å²) in [6, 6.07) is 0. The predicted molar refractivity (Wildman–Crippen MR) is 37.8 cm³/mol. The van der Waals surface area contributed by atoms with Gasteiger partial charge in [0.1, 0.15) is 0 Å². The second-order valence-corrected chi connectivity index (χ2v) is 1.93. The lowest BCUT2D eigenvalue weighted by Crippen LogP contribution is -2.24. The minimum absolute atomic E-state index is 0.819. The van der Waals surface area contributed by atoms with Crippen molar-refractivity contribution in [2.24, 2.45) is 0 Å². The molecule has 0 N–H and O–H groups in total. The van der Waals surface area contributed by atoms with Gasteiger partial charge in [0, 0.05) is 22.9 Å². The van der Waals surface area contributed by atoms with Gasteiger partial charge in [0.2, 0.25) is 0 Å². The maximum absolute atomic E-state index is 11.0. The Morgan fingerprint density at radius 3 is 1.31 bits per heavy atom. The van der Waals surface area contributed by atoms with Crippen LogP contribution in [0.25, 0.3) is 0 Å². The van der Waals surface area contributed by atoms with E-state index in [1.54, 1.807) is 7.11 Å². The normalized spacial score (nSPS) is 10.9. The number of rotatable bonds is 2. The summed E-state index contributed by atoms with van der Waals surface area (Å²) in [4.78, 5) is 0. The molecule has 0 saturated heterocycles. The molecule has 16 heavy (non-hydrogen) atoms. The Labute approximate surface area is 86.0 Å². The van der Waals surface area contributed by atoms with Crippen LogP contribution < -0.4 is 0 Å². The van der Waals surface area contributed by atoms with Crippen molar-refractivity contribution in [1.29, 1.82) is 0 Å². The van der Waals surface area contributed by atoms with E-state index < -0.39 is 19.1 Å². The van der Waals surface area contributed by atoms with Crippen molar-refractivity contribution in [3.05, 3.63) is 0 Å². The van der Waals surface area contributed by atoms with Crippen LogP contribution in [0.5, 0.6) is 0 Å². The van der Waals surface area contributed by atoms with Crippen molar-refractivity contribution in [2.45, 2.75) is 19.5 Å². The van der Waals surface area contributed by atoms with Crippen molar-refractivity contribution in [3.8, 4) is 0 Å². The summed E-state index contributed by atoms with van der Waals surface area (Å²) in [5.74, 6) is 0. The molecule has 0 aromatic heterocycles. The highest BCUT2D eigenvalue weighted by molar-refractivity contribution is 4.45. The van der Waals surface area contributed by atoms with Gasteiger partial charge in [0.15, 0.2) is 6.61 Å². The molecule has 0 unspecified atom stereocenters. The fraction of sp³-hybridized carbons (Fsp3) is 1.00. The molecule has 0 aliphatic carbocycles. The Morgan fingerprint density at radius 2 is 1.25 bits per heavy atom. The summed E-state index contributed by atoms with van der Waals surface area (Å²) in [5, 5.41) is 0. The van der Waals surface area contributed by atoms with E-state index in [2.05, 4.69) is 9.47 Å². The molecule has 0 spiro atoms. The summed E-state index contributed by atoms with van der Waals surface area (Å²) >= 11 is 0. The van der Waals surface area contributed by atoms with Gasteiger partial charge in [0.25, 0.3) is 0 Å². The van der Waals surface area contributed by atoms with E-state index in [0.717, 1.165) is 6.61 Å². The summed E-state index contributed by atoms with van der Waals surface area (Å²) in [6.07, 6.45) is -10.1. The van der Waals surface area contributed by atoms with E-state index in [1.165, 1.54) is 0 Å². The maximum Gasteiger partial charge on any atom is 0.522 e. The molecule has 0 aliphatic rings. The molecule has 0 aromatic carbocycles. The SMILES string of the molecule is CCOC.FC(F)(F)COC(F)(F)F.FF. The number of hydrogen-bond donors (Lipinski definition) is 0. The highest BCUT2D eigenvalue weighted by atomic mass is 20.0. The minimum atomic E-state index is -5.21. The monoisotopic (exact) mass is 266 g/mol. The molecule has 0 heterocycles. The van der Waals surface area contributed by atoms with Gasteiger partial charge in [-0.2, -0.15) is 13.2 Å². The third-order valence-electron chi connectivity index (χ3n) is 0.688. The molecule has 0 atom stereocenters. The molecule has 0 aliphatic heterocycles. The van der Waals surface area contributed by atoms with Crippen molar-refractivity contribution in [2.75, 3.05) is 20.3 Å². The Morgan fingerprint density at radius 1 is 0.938 bits per heavy atom. The molecule has 0 fully saturated rings. The maximum atomic E-state index is 11.0. The van der Waals surface area contributed by atoms with Crippen LogP contribution in [-0.4, -0.2) is 32.9 Å². The first-order valence-corrected chi connectivity index (χ1v) is 3.53. The number of halogens is 8. The van der Waals surface area contributed by atoms with Crippen LogP contribution in [0.4, 0.5) is 35.5 Å². The zero-order chi connectivity index (χ0) is 13.8. The van der Waals surface area contributed by atoms with Crippen LogP contribution in [0.1, 0.15) is 6.92 Å². The quantitative estimate of drug-likeness (QED) is 0.711. The smallest absolute Gasteiger partial charge is 0.385 e. The fourth-order valence-electron chi connectivity index (χ4n) is 0.164. The van der Waals surface area contributed by atoms with Crippen LogP contribution in [0.15, 0.2) is 0 Å². The van der Waals surface area contributed by atoms with E-state index in [-0.39, 0.29) is 0 Å². The molecular weight excluding hydrogens is 256 g/mol. The van der Waals surface area contributed by atoms with Crippen LogP contribution in [0.2, 0.25) is 0 Å². The molecule has 2 nitrogen and oxygen atoms in total. The molecule has 102 valence electrons. The molecule has 10 heteroatoms. The molecule has 0 aromatic rings. The highest BCUT2D eigenvalue weighted by Gasteiger charge is 2.37. The second-order valence-electron chi connectivity index (χ2n) is 1.93. The highest BCUT2D eigenvalue weighted by Crippen LogP contribution is 2.22. The lowest BCUT2D eigenvalue weighted by Gasteiger charge is -2.08. The minimum Gasteiger partial charge on any atom is -0.385 e. The largest absolute Gasteiger partial charge is 0.522 e.